The summed E-state index contributed by atoms with van der Waals surface area (Å²) in [7, 11) is 1.60. The minimum atomic E-state index is -0.470. The number of aromatic nitrogens is 3. The summed E-state index contributed by atoms with van der Waals surface area (Å²) in [6.45, 7) is 4.42. The Morgan fingerprint density at radius 2 is 1.88 bits per heavy atom. The SMILES string of the molecule is C=CC(=O)N1C[C@H](CC(O)=c2sc3nccc4c3c2nc(=O)n4-c2ccc(Oc3ccccc3)cc2)[C@@H](OC)C1. The van der Waals surface area contributed by atoms with Crippen molar-refractivity contribution in [2.24, 2.45) is 5.92 Å². The molecule has 5 aromatic rings. The summed E-state index contributed by atoms with van der Waals surface area (Å²) in [4.78, 5) is 36.7. The number of rotatable bonds is 7. The second kappa shape index (κ2) is 10.6. The van der Waals surface area contributed by atoms with Crippen molar-refractivity contribution in [3.05, 3.63) is 94.5 Å². The van der Waals surface area contributed by atoms with E-state index >= 15 is 0 Å². The van der Waals surface area contributed by atoms with Gasteiger partial charge < -0.3 is 19.5 Å². The maximum atomic E-state index is 13.4. The van der Waals surface area contributed by atoms with E-state index in [1.165, 1.54) is 22.0 Å². The molecular formula is C30H26N4O5S. The Balaban J connectivity index is 1.38. The number of carbonyl (C=O) groups excluding carboxylic acids is 1. The fourth-order valence-electron chi connectivity index (χ4n) is 5.22. The fraction of sp³-hybridized carbons (Fsp3) is 0.200. The highest BCUT2D eigenvalue weighted by molar-refractivity contribution is 7.17. The van der Waals surface area contributed by atoms with E-state index in [2.05, 4.69) is 16.5 Å². The maximum absolute atomic E-state index is 13.4. The van der Waals surface area contributed by atoms with E-state index in [1.54, 1.807) is 48.5 Å². The summed E-state index contributed by atoms with van der Waals surface area (Å²) in [5, 5.41) is 12.0. The zero-order chi connectivity index (χ0) is 27.8. The van der Waals surface area contributed by atoms with Crippen LogP contribution in [-0.4, -0.2) is 56.8 Å². The Kier molecular flexibility index (Phi) is 6.79. The molecule has 1 aliphatic heterocycles. The number of amides is 1. The van der Waals surface area contributed by atoms with Crippen molar-refractivity contribution in [3.8, 4) is 17.2 Å². The lowest BCUT2D eigenvalue weighted by Crippen LogP contribution is -2.28. The number of carbonyl (C=O) groups is 1. The molecule has 2 aromatic carbocycles. The zero-order valence-corrected chi connectivity index (χ0v) is 22.5. The van der Waals surface area contributed by atoms with Crippen LogP contribution in [0.2, 0.25) is 0 Å². The Labute approximate surface area is 233 Å². The van der Waals surface area contributed by atoms with E-state index in [-0.39, 0.29) is 30.1 Å². The molecule has 0 aliphatic carbocycles. The number of hydrogen-bond acceptors (Lipinski definition) is 8. The van der Waals surface area contributed by atoms with Crippen molar-refractivity contribution in [1.82, 2.24) is 19.4 Å². The molecule has 6 rings (SSSR count). The summed E-state index contributed by atoms with van der Waals surface area (Å²) in [5.41, 5.74) is 1.22. The van der Waals surface area contributed by atoms with E-state index < -0.39 is 5.69 Å². The smallest absolute Gasteiger partial charge is 0.353 e. The monoisotopic (exact) mass is 554 g/mol. The predicted molar refractivity (Wildman–Crippen MR) is 154 cm³/mol. The number of likely N-dealkylation sites (tertiary alicyclic amines) is 1. The van der Waals surface area contributed by atoms with Crippen LogP contribution < -0.4 is 15.0 Å². The van der Waals surface area contributed by atoms with Gasteiger partial charge in [0.2, 0.25) is 5.91 Å². The molecule has 10 heteroatoms. The highest BCUT2D eigenvalue weighted by Crippen LogP contribution is 2.30. The number of thiophene rings is 1. The maximum Gasteiger partial charge on any atom is 0.353 e. The quantitative estimate of drug-likeness (QED) is 0.300. The van der Waals surface area contributed by atoms with Gasteiger partial charge in [-0.25, -0.2) is 9.78 Å². The van der Waals surface area contributed by atoms with Crippen LogP contribution in [0.3, 0.4) is 0 Å². The highest BCUT2D eigenvalue weighted by Gasteiger charge is 2.35. The number of hydrogen-bond donors (Lipinski definition) is 1. The summed E-state index contributed by atoms with van der Waals surface area (Å²) in [5.74, 6) is 1.16. The molecule has 1 N–H and O–H groups in total. The summed E-state index contributed by atoms with van der Waals surface area (Å²) in [6, 6.07) is 18.5. The molecule has 9 nitrogen and oxygen atoms in total. The normalized spacial score (nSPS) is 17.9. The van der Waals surface area contributed by atoms with Crippen LogP contribution in [0, 0.1) is 5.92 Å². The summed E-state index contributed by atoms with van der Waals surface area (Å²) in [6.07, 6.45) is 2.97. The molecule has 202 valence electrons. The molecule has 1 saturated heterocycles. The number of para-hydroxylation sites is 1. The topological polar surface area (TPSA) is 107 Å². The second-order valence-electron chi connectivity index (χ2n) is 9.56. The number of methoxy groups -OCH3 is 1. The lowest BCUT2D eigenvalue weighted by atomic mass is 10.0. The van der Waals surface area contributed by atoms with E-state index in [1.807, 2.05) is 30.3 Å². The third-order valence-corrected chi connectivity index (χ3v) is 8.28. The number of nitrogens with zero attached hydrogens (tertiary/aromatic N) is 4. The van der Waals surface area contributed by atoms with Gasteiger partial charge in [-0.1, -0.05) is 24.8 Å². The summed E-state index contributed by atoms with van der Waals surface area (Å²) < 4.78 is 13.5. The molecule has 1 amide bonds. The van der Waals surface area contributed by atoms with Gasteiger partial charge in [-0.2, -0.15) is 4.98 Å². The van der Waals surface area contributed by atoms with Crippen LogP contribution in [0.4, 0.5) is 0 Å². The first-order chi connectivity index (χ1) is 19.5. The van der Waals surface area contributed by atoms with Gasteiger partial charge in [-0.15, -0.1) is 11.3 Å². The largest absolute Gasteiger partial charge is 0.511 e. The number of benzene rings is 2. The predicted octanol–water partition coefficient (Wildman–Crippen LogP) is 4.22. The Morgan fingerprint density at radius 1 is 1.12 bits per heavy atom. The lowest BCUT2D eigenvalue weighted by Gasteiger charge is -2.15. The van der Waals surface area contributed by atoms with Crippen molar-refractivity contribution in [1.29, 1.82) is 0 Å². The van der Waals surface area contributed by atoms with E-state index in [0.29, 0.717) is 50.3 Å². The average molecular weight is 555 g/mol. The number of ether oxygens (including phenoxy) is 2. The highest BCUT2D eigenvalue weighted by atomic mass is 32.1. The number of aliphatic hydroxyl groups excluding tert-OH is 1. The Bertz CT molecular complexity index is 1830. The first kappa shape index (κ1) is 25.7. The van der Waals surface area contributed by atoms with Gasteiger partial charge in [0.15, 0.2) is 0 Å². The minimum Gasteiger partial charge on any atom is -0.511 e. The van der Waals surface area contributed by atoms with Crippen molar-refractivity contribution in [3.63, 3.8) is 0 Å². The molecule has 2 atom stereocenters. The Hall–Kier alpha value is -4.54. The standard InChI is InChI=1S/C30H26N4O5S/c1-3-25(36)33-16-18(24(17-33)38-2)15-23(35)28-27-26-22(13-14-31-29(26)40-28)34(30(37)32-27)19-9-11-21(12-10-19)39-20-7-5-4-6-8-20/h3-14,18,24,35H,1,15-17H2,2H3/t18-,24-/m0/s1. The lowest BCUT2D eigenvalue weighted by molar-refractivity contribution is -0.125. The van der Waals surface area contributed by atoms with E-state index in [0.717, 1.165) is 5.75 Å². The van der Waals surface area contributed by atoms with E-state index in [9.17, 15) is 14.7 Å². The van der Waals surface area contributed by atoms with Crippen LogP contribution in [0.25, 0.3) is 32.7 Å². The van der Waals surface area contributed by atoms with Gasteiger partial charge in [0.25, 0.3) is 0 Å². The molecule has 1 aliphatic rings. The first-order valence-electron chi connectivity index (χ1n) is 12.8. The van der Waals surface area contributed by atoms with Crippen molar-refractivity contribution < 1.29 is 19.4 Å². The van der Waals surface area contributed by atoms with Crippen molar-refractivity contribution in [2.45, 2.75) is 12.5 Å². The molecule has 0 saturated carbocycles. The van der Waals surface area contributed by atoms with Crippen LogP contribution in [0.15, 0.2) is 84.3 Å². The number of aliphatic hydroxyl groups is 1. The number of pyridine rings is 1. The third kappa shape index (κ3) is 4.61. The Morgan fingerprint density at radius 3 is 2.60 bits per heavy atom. The molecular weight excluding hydrogens is 528 g/mol. The van der Waals surface area contributed by atoms with Gasteiger partial charge in [0.05, 0.1) is 27.2 Å². The summed E-state index contributed by atoms with van der Waals surface area (Å²) >= 11 is 1.29. The van der Waals surface area contributed by atoms with Gasteiger partial charge in [0, 0.05) is 38.7 Å². The van der Waals surface area contributed by atoms with Gasteiger partial charge in [0.1, 0.15) is 27.6 Å². The zero-order valence-electron chi connectivity index (χ0n) is 21.7. The van der Waals surface area contributed by atoms with Crippen LogP contribution in [0.1, 0.15) is 6.42 Å². The fourth-order valence-corrected chi connectivity index (χ4v) is 6.28. The first-order valence-corrected chi connectivity index (χ1v) is 13.6. The van der Waals surface area contributed by atoms with Crippen molar-refractivity contribution >= 4 is 44.3 Å². The van der Waals surface area contributed by atoms with Crippen molar-refractivity contribution in [2.75, 3.05) is 20.2 Å². The van der Waals surface area contributed by atoms with Crippen LogP contribution >= 0.6 is 11.3 Å². The molecule has 3 aromatic heterocycles. The third-order valence-electron chi connectivity index (χ3n) is 7.15. The molecule has 4 heterocycles. The molecule has 0 unspecified atom stereocenters. The molecule has 0 bridgehead atoms. The van der Waals surface area contributed by atoms with Crippen LogP contribution in [-0.2, 0) is 9.53 Å². The molecule has 1 fully saturated rings. The molecule has 40 heavy (non-hydrogen) atoms. The van der Waals surface area contributed by atoms with Gasteiger partial charge >= 0.3 is 5.69 Å². The molecule has 0 spiro atoms. The second-order valence-corrected chi connectivity index (χ2v) is 10.6. The van der Waals surface area contributed by atoms with Gasteiger partial charge in [-0.3, -0.25) is 9.36 Å². The minimum absolute atomic E-state index is 0.0938. The molecule has 0 radical (unpaired) electrons. The van der Waals surface area contributed by atoms with Gasteiger partial charge in [-0.05, 0) is 48.5 Å². The van der Waals surface area contributed by atoms with E-state index in [4.69, 9.17) is 9.47 Å². The van der Waals surface area contributed by atoms with Crippen LogP contribution in [0.5, 0.6) is 11.5 Å². The average Bonchev–Trinajstić information content (AvgIpc) is 3.56.